The van der Waals surface area contributed by atoms with Gasteiger partial charge in [-0.1, -0.05) is 17.7 Å². The first-order valence-corrected chi connectivity index (χ1v) is 8.44. The number of rotatable bonds is 7. The Bertz CT molecular complexity index is 745. The number of benzene rings is 2. The predicted molar refractivity (Wildman–Crippen MR) is 100 cm³/mol. The Hall–Kier alpha value is -2.53. The molecule has 0 aliphatic carbocycles. The molecular formula is C19H21ClN2O3. The Morgan fingerprint density at radius 2 is 1.84 bits per heavy atom. The van der Waals surface area contributed by atoms with Crippen LogP contribution in [0, 0.1) is 6.92 Å². The summed E-state index contributed by atoms with van der Waals surface area (Å²) >= 11 is 5.94. The highest BCUT2D eigenvalue weighted by atomic mass is 35.5. The maximum atomic E-state index is 12.0. The zero-order valence-electron chi connectivity index (χ0n) is 14.3. The summed E-state index contributed by atoms with van der Waals surface area (Å²) in [5.74, 6) is -0.439. The number of aryl methyl sites for hydroxylation is 1. The van der Waals surface area contributed by atoms with E-state index in [1.165, 1.54) is 0 Å². The molecule has 0 atom stereocenters. The van der Waals surface area contributed by atoms with Crippen molar-refractivity contribution in [2.45, 2.75) is 20.3 Å². The quantitative estimate of drug-likeness (QED) is 0.724. The topological polar surface area (TPSA) is 67.4 Å². The summed E-state index contributed by atoms with van der Waals surface area (Å²) in [6.07, 6.45) is 0.311. The van der Waals surface area contributed by atoms with E-state index in [2.05, 4.69) is 10.6 Å². The lowest BCUT2D eigenvalue weighted by molar-refractivity contribution is -0.115. The van der Waals surface area contributed by atoms with Crippen LogP contribution >= 0.6 is 11.6 Å². The van der Waals surface area contributed by atoms with Gasteiger partial charge in [0, 0.05) is 29.4 Å². The number of anilines is 2. The van der Waals surface area contributed by atoms with E-state index in [0.717, 1.165) is 16.9 Å². The number of esters is 1. The molecule has 6 heteroatoms. The van der Waals surface area contributed by atoms with Crippen LogP contribution in [-0.2, 0) is 9.53 Å². The fraction of sp³-hybridized carbons (Fsp3) is 0.263. The van der Waals surface area contributed by atoms with Crippen LogP contribution in [0.25, 0.3) is 0 Å². The highest BCUT2D eigenvalue weighted by Gasteiger charge is 2.07. The van der Waals surface area contributed by atoms with Crippen LogP contribution in [0.15, 0.2) is 42.5 Å². The Morgan fingerprint density at radius 3 is 2.52 bits per heavy atom. The smallest absolute Gasteiger partial charge is 0.338 e. The Morgan fingerprint density at radius 1 is 1.12 bits per heavy atom. The van der Waals surface area contributed by atoms with E-state index in [1.54, 1.807) is 43.3 Å². The fourth-order valence-corrected chi connectivity index (χ4v) is 2.37. The first-order valence-electron chi connectivity index (χ1n) is 8.06. The van der Waals surface area contributed by atoms with E-state index in [1.807, 2.05) is 13.0 Å². The number of hydrogen-bond donors (Lipinski definition) is 2. The van der Waals surface area contributed by atoms with Crippen molar-refractivity contribution in [3.05, 3.63) is 58.6 Å². The number of carbonyl (C=O) groups is 2. The van der Waals surface area contributed by atoms with Crippen LogP contribution in [0.3, 0.4) is 0 Å². The molecule has 0 unspecified atom stereocenters. The predicted octanol–water partition coefficient (Wildman–Crippen LogP) is 4.27. The minimum absolute atomic E-state index is 0.0963. The third-order valence-corrected chi connectivity index (χ3v) is 3.79. The zero-order chi connectivity index (χ0) is 18.2. The van der Waals surface area contributed by atoms with Gasteiger partial charge in [0.2, 0.25) is 5.91 Å². The SMILES string of the molecule is CCOC(=O)c1ccc(NCCC(=O)Nc2cc(Cl)ccc2C)cc1. The van der Waals surface area contributed by atoms with Crippen molar-refractivity contribution in [1.82, 2.24) is 0 Å². The Labute approximate surface area is 152 Å². The molecule has 0 saturated heterocycles. The second kappa shape index (κ2) is 9.08. The molecule has 0 radical (unpaired) electrons. The standard InChI is InChI=1S/C19H21ClN2O3/c1-3-25-19(24)14-5-8-16(9-6-14)21-11-10-18(23)22-17-12-15(20)7-4-13(17)2/h4-9,12,21H,3,10-11H2,1-2H3,(H,22,23). The molecule has 25 heavy (non-hydrogen) atoms. The van der Waals surface area contributed by atoms with Crippen LogP contribution in [0.2, 0.25) is 5.02 Å². The maximum absolute atomic E-state index is 12.0. The molecule has 2 aromatic carbocycles. The van der Waals surface area contributed by atoms with Crippen molar-refractivity contribution in [2.75, 3.05) is 23.8 Å². The van der Waals surface area contributed by atoms with Crippen LogP contribution in [0.1, 0.15) is 29.3 Å². The number of ether oxygens (including phenoxy) is 1. The summed E-state index contributed by atoms with van der Waals surface area (Å²) < 4.78 is 4.93. The number of hydrogen-bond acceptors (Lipinski definition) is 4. The maximum Gasteiger partial charge on any atom is 0.338 e. The average Bonchev–Trinajstić information content (AvgIpc) is 2.59. The lowest BCUT2D eigenvalue weighted by Crippen LogP contribution is -2.16. The second-order valence-corrected chi connectivity index (χ2v) is 5.92. The highest BCUT2D eigenvalue weighted by molar-refractivity contribution is 6.31. The van der Waals surface area contributed by atoms with Crippen molar-refractivity contribution >= 4 is 34.9 Å². The summed E-state index contributed by atoms with van der Waals surface area (Å²) in [5.41, 5.74) is 3.01. The number of nitrogens with one attached hydrogen (secondary N) is 2. The third kappa shape index (κ3) is 5.80. The van der Waals surface area contributed by atoms with Crippen LogP contribution in [0.4, 0.5) is 11.4 Å². The first kappa shape index (κ1) is 18.8. The van der Waals surface area contributed by atoms with Gasteiger partial charge in [0.25, 0.3) is 0 Å². The van der Waals surface area contributed by atoms with Gasteiger partial charge < -0.3 is 15.4 Å². The van der Waals surface area contributed by atoms with Crippen LogP contribution in [-0.4, -0.2) is 25.0 Å². The van der Waals surface area contributed by atoms with Crippen molar-refractivity contribution in [2.24, 2.45) is 0 Å². The normalized spacial score (nSPS) is 10.2. The molecule has 2 rings (SSSR count). The molecule has 0 aliphatic rings. The first-order chi connectivity index (χ1) is 12.0. The van der Waals surface area contributed by atoms with E-state index in [-0.39, 0.29) is 11.9 Å². The summed E-state index contributed by atoms with van der Waals surface area (Å²) in [7, 11) is 0. The van der Waals surface area contributed by atoms with Gasteiger partial charge in [-0.05, 0) is 55.8 Å². The minimum Gasteiger partial charge on any atom is -0.462 e. The molecule has 0 saturated carbocycles. The lowest BCUT2D eigenvalue weighted by Gasteiger charge is -2.10. The molecule has 2 aromatic rings. The van der Waals surface area contributed by atoms with E-state index in [9.17, 15) is 9.59 Å². The molecule has 1 amide bonds. The van der Waals surface area contributed by atoms with Crippen molar-refractivity contribution < 1.29 is 14.3 Å². The lowest BCUT2D eigenvalue weighted by atomic mass is 10.2. The summed E-state index contributed by atoms with van der Waals surface area (Å²) in [5, 5.41) is 6.58. The van der Waals surface area contributed by atoms with Gasteiger partial charge in [-0.15, -0.1) is 0 Å². The minimum atomic E-state index is -0.342. The monoisotopic (exact) mass is 360 g/mol. The zero-order valence-corrected chi connectivity index (χ0v) is 15.0. The van der Waals surface area contributed by atoms with Crippen molar-refractivity contribution in [3.8, 4) is 0 Å². The number of halogens is 1. The van der Waals surface area contributed by atoms with Crippen LogP contribution < -0.4 is 10.6 Å². The summed E-state index contributed by atoms with van der Waals surface area (Å²) in [4.78, 5) is 23.6. The molecule has 0 heterocycles. The fourth-order valence-electron chi connectivity index (χ4n) is 2.20. The number of carbonyl (C=O) groups excluding carboxylic acids is 2. The Kier molecular flexibility index (Phi) is 6.83. The second-order valence-electron chi connectivity index (χ2n) is 5.48. The third-order valence-electron chi connectivity index (χ3n) is 3.55. The van der Waals surface area contributed by atoms with Gasteiger partial charge in [-0.3, -0.25) is 4.79 Å². The van der Waals surface area contributed by atoms with Gasteiger partial charge in [0.05, 0.1) is 12.2 Å². The molecular weight excluding hydrogens is 340 g/mol. The molecule has 0 aromatic heterocycles. The van der Waals surface area contributed by atoms with E-state index < -0.39 is 0 Å². The molecule has 5 nitrogen and oxygen atoms in total. The van der Waals surface area contributed by atoms with Gasteiger partial charge >= 0.3 is 5.97 Å². The molecule has 132 valence electrons. The van der Waals surface area contributed by atoms with Crippen molar-refractivity contribution in [3.63, 3.8) is 0 Å². The molecule has 0 bridgehead atoms. The van der Waals surface area contributed by atoms with E-state index in [0.29, 0.717) is 30.2 Å². The molecule has 0 fully saturated rings. The number of amides is 1. The largest absolute Gasteiger partial charge is 0.462 e. The molecule has 0 spiro atoms. The van der Waals surface area contributed by atoms with Crippen LogP contribution in [0.5, 0.6) is 0 Å². The summed E-state index contributed by atoms with van der Waals surface area (Å²) in [6, 6.07) is 12.3. The van der Waals surface area contributed by atoms with Gasteiger partial charge in [-0.2, -0.15) is 0 Å². The average molecular weight is 361 g/mol. The van der Waals surface area contributed by atoms with E-state index in [4.69, 9.17) is 16.3 Å². The van der Waals surface area contributed by atoms with Gasteiger partial charge in [-0.25, -0.2) is 4.79 Å². The van der Waals surface area contributed by atoms with Gasteiger partial charge in [0.1, 0.15) is 0 Å². The highest BCUT2D eigenvalue weighted by Crippen LogP contribution is 2.20. The molecule has 2 N–H and O–H groups in total. The van der Waals surface area contributed by atoms with Gasteiger partial charge in [0.15, 0.2) is 0 Å². The summed E-state index contributed by atoms with van der Waals surface area (Å²) in [6.45, 7) is 4.50. The van der Waals surface area contributed by atoms with E-state index >= 15 is 0 Å². The Balaban J connectivity index is 1.81. The van der Waals surface area contributed by atoms with Crippen molar-refractivity contribution in [1.29, 1.82) is 0 Å². The molecule has 0 aliphatic heterocycles.